The van der Waals surface area contributed by atoms with Gasteiger partial charge in [0.25, 0.3) is 0 Å². The van der Waals surface area contributed by atoms with Crippen LogP contribution in [-0.4, -0.2) is 12.5 Å². The molecule has 0 aromatic rings. The van der Waals surface area contributed by atoms with Gasteiger partial charge in [0.15, 0.2) is 6.29 Å². The van der Waals surface area contributed by atoms with Crippen molar-refractivity contribution in [3.63, 3.8) is 0 Å². The summed E-state index contributed by atoms with van der Waals surface area (Å²) in [6.07, 6.45) is 7.89. The van der Waals surface area contributed by atoms with E-state index in [0.717, 1.165) is 0 Å². The molecule has 4 nitrogen and oxygen atoms in total. The zero-order valence-electron chi connectivity index (χ0n) is 7.85. The van der Waals surface area contributed by atoms with Crippen LogP contribution in [0.1, 0.15) is 0 Å². The summed E-state index contributed by atoms with van der Waals surface area (Å²) < 4.78 is 0. The number of allylic oxidation sites excluding steroid dienone is 5. The molecule has 0 fully saturated rings. The molecule has 4 heteroatoms. The van der Waals surface area contributed by atoms with E-state index in [1.807, 2.05) is 0 Å². The first-order valence-electron chi connectivity index (χ1n) is 3.99. The van der Waals surface area contributed by atoms with Gasteiger partial charge in [0.05, 0.1) is 0 Å². The van der Waals surface area contributed by atoms with Gasteiger partial charge in [-0.3, -0.25) is 4.79 Å². The number of carbonyl (C=O) groups excluding carboxylic acids is 1. The van der Waals surface area contributed by atoms with Crippen LogP contribution in [0.4, 0.5) is 0 Å². The van der Waals surface area contributed by atoms with Gasteiger partial charge in [-0.1, -0.05) is 31.4 Å². The summed E-state index contributed by atoms with van der Waals surface area (Å²) in [7, 11) is 0. The normalized spacial score (nSPS) is 13.6. The summed E-state index contributed by atoms with van der Waals surface area (Å²) in [6, 6.07) is 0. The average molecular weight is 194 g/mol. The topological polar surface area (TPSA) is 64.3 Å². The van der Waals surface area contributed by atoms with Gasteiger partial charge in [0.1, 0.15) is 11.9 Å². The van der Waals surface area contributed by atoms with E-state index < -0.39 is 6.17 Å². The van der Waals surface area contributed by atoms with E-state index in [2.05, 4.69) is 18.6 Å². The van der Waals surface area contributed by atoms with E-state index in [-0.39, 0.29) is 0 Å². The van der Waals surface area contributed by atoms with Gasteiger partial charge in [-0.15, -0.1) is 5.48 Å². The maximum absolute atomic E-state index is 10.1. The third-order valence-electron chi connectivity index (χ3n) is 1.17. The van der Waals surface area contributed by atoms with E-state index >= 15 is 0 Å². The van der Waals surface area contributed by atoms with Crippen molar-refractivity contribution in [3.05, 3.63) is 49.3 Å². The summed E-state index contributed by atoms with van der Waals surface area (Å²) in [4.78, 5) is 15.1. The minimum atomic E-state index is -0.846. The molecule has 1 atom stereocenters. The van der Waals surface area contributed by atoms with Crippen molar-refractivity contribution in [1.29, 1.82) is 0 Å². The SMILES string of the molecule is C=C/C=C\C=C(/C=C)ONC(N)C=O. The molecule has 0 bridgehead atoms. The molecule has 14 heavy (non-hydrogen) atoms. The van der Waals surface area contributed by atoms with Gasteiger partial charge in [0, 0.05) is 0 Å². The summed E-state index contributed by atoms with van der Waals surface area (Å²) in [5.74, 6) is 0.459. The molecule has 0 aliphatic rings. The van der Waals surface area contributed by atoms with Crippen molar-refractivity contribution < 1.29 is 9.63 Å². The molecule has 0 aromatic heterocycles. The fraction of sp³-hybridized carbons (Fsp3) is 0.100. The lowest BCUT2D eigenvalue weighted by Crippen LogP contribution is -2.38. The molecule has 0 radical (unpaired) electrons. The third-order valence-corrected chi connectivity index (χ3v) is 1.17. The van der Waals surface area contributed by atoms with Gasteiger partial charge >= 0.3 is 0 Å². The van der Waals surface area contributed by atoms with Crippen molar-refractivity contribution in [1.82, 2.24) is 5.48 Å². The Bertz CT molecular complexity index is 257. The van der Waals surface area contributed by atoms with E-state index in [1.54, 1.807) is 24.3 Å². The van der Waals surface area contributed by atoms with Crippen LogP contribution < -0.4 is 11.2 Å². The average Bonchev–Trinajstić information content (AvgIpc) is 2.22. The second-order valence-corrected chi connectivity index (χ2v) is 2.28. The Kier molecular flexibility index (Phi) is 7.03. The highest BCUT2D eigenvalue weighted by atomic mass is 16.7. The smallest absolute Gasteiger partial charge is 0.154 e. The zero-order chi connectivity index (χ0) is 10.8. The Labute approximate surface area is 83.4 Å². The van der Waals surface area contributed by atoms with Crippen LogP contribution in [0.25, 0.3) is 0 Å². The molecule has 0 saturated heterocycles. The number of nitrogens with two attached hydrogens (primary N) is 1. The van der Waals surface area contributed by atoms with Crippen LogP contribution in [0, 0.1) is 0 Å². The fourth-order valence-electron chi connectivity index (χ4n) is 0.537. The lowest BCUT2D eigenvalue weighted by Gasteiger charge is -2.08. The number of rotatable bonds is 7. The van der Waals surface area contributed by atoms with Crippen molar-refractivity contribution in [2.24, 2.45) is 5.73 Å². The van der Waals surface area contributed by atoms with Gasteiger partial charge in [-0.05, 0) is 12.2 Å². The lowest BCUT2D eigenvalue weighted by atomic mass is 10.4. The highest BCUT2D eigenvalue weighted by Crippen LogP contribution is 1.96. The maximum atomic E-state index is 10.1. The minimum absolute atomic E-state index is 0.459. The summed E-state index contributed by atoms with van der Waals surface area (Å²) >= 11 is 0. The Morgan fingerprint density at radius 3 is 2.64 bits per heavy atom. The van der Waals surface area contributed by atoms with Gasteiger partial charge in [0.2, 0.25) is 0 Å². The first-order chi connectivity index (χ1) is 6.74. The standard InChI is InChI=1S/C10H14N2O2/c1-3-5-6-7-9(4-2)14-12-10(11)8-13/h3-8,10,12H,1-2,11H2/b6-5-,9-7+. The Hall–Kier alpha value is -1.65. The number of hydrogen-bond acceptors (Lipinski definition) is 4. The van der Waals surface area contributed by atoms with E-state index in [4.69, 9.17) is 10.6 Å². The number of hydrogen-bond donors (Lipinski definition) is 2. The molecular weight excluding hydrogens is 180 g/mol. The van der Waals surface area contributed by atoms with Crippen molar-refractivity contribution >= 4 is 6.29 Å². The Balaban J connectivity index is 4.08. The van der Waals surface area contributed by atoms with Crippen LogP contribution in [0.5, 0.6) is 0 Å². The molecule has 0 saturated carbocycles. The highest BCUT2D eigenvalue weighted by Gasteiger charge is 1.98. The van der Waals surface area contributed by atoms with Crippen molar-refractivity contribution in [2.45, 2.75) is 6.17 Å². The number of carbonyl (C=O) groups is 1. The molecule has 76 valence electrons. The van der Waals surface area contributed by atoms with Crippen molar-refractivity contribution in [2.75, 3.05) is 0 Å². The Morgan fingerprint density at radius 2 is 2.14 bits per heavy atom. The van der Waals surface area contributed by atoms with Crippen LogP contribution >= 0.6 is 0 Å². The predicted molar refractivity (Wildman–Crippen MR) is 55.9 cm³/mol. The largest absolute Gasteiger partial charge is 0.407 e. The molecular formula is C10H14N2O2. The van der Waals surface area contributed by atoms with Crippen LogP contribution in [0.2, 0.25) is 0 Å². The zero-order valence-corrected chi connectivity index (χ0v) is 7.85. The molecule has 0 aliphatic carbocycles. The second-order valence-electron chi connectivity index (χ2n) is 2.28. The second kappa shape index (κ2) is 7.97. The molecule has 0 heterocycles. The molecule has 0 rings (SSSR count). The molecule has 3 N–H and O–H groups in total. The monoisotopic (exact) mass is 194 g/mol. The van der Waals surface area contributed by atoms with Gasteiger partial charge in [-0.2, -0.15) is 0 Å². The Morgan fingerprint density at radius 1 is 1.43 bits per heavy atom. The number of aldehydes is 1. The summed E-state index contributed by atoms with van der Waals surface area (Å²) in [5, 5.41) is 0. The van der Waals surface area contributed by atoms with E-state index in [9.17, 15) is 4.79 Å². The molecule has 0 spiro atoms. The molecule has 1 unspecified atom stereocenters. The lowest BCUT2D eigenvalue weighted by molar-refractivity contribution is -0.112. The fourth-order valence-corrected chi connectivity index (χ4v) is 0.537. The highest BCUT2D eigenvalue weighted by molar-refractivity contribution is 5.55. The first-order valence-corrected chi connectivity index (χ1v) is 3.99. The van der Waals surface area contributed by atoms with Crippen LogP contribution in [0.15, 0.2) is 49.3 Å². The van der Waals surface area contributed by atoms with Crippen molar-refractivity contribution in [3.8, 4) is 0 Å². The van der Waals surface area contributed by atoms with Gasteiger partial charge < -0.3 is 10.6 Å². The third kappa shape index (κ3) is 5.93. The quantitative estimate of drug-likeness (QED) is 0.207. The van der Waals surface area contributed by atoms with Crippen LogP contribution in [-0.2, 0) is 9.63 Å². The van der Waals surface area contributed by atoms with Crippen LogP contribution in [0.3, 0.4) is 0 Å². The van der Waals surface area contributed by atoms with E-state index in [1.165, 1.54) is 6.08 Å². The summed E-state index contributed by atoms with van der Waals surface area (Å²) in [5.41, 5.74) is 7.55. The number of nitrogens with one attached hydrogen (secondary N) is 1. The molecule has 0 aliphatic heterocycles. The first kappa shape index (κ1) is 12.3. The number of hydroxylamine groups is 1. The van der Waals surface area contributed by atoms with Gasteiger partial charge in [-0.25, -0.2) is 0 Å². The minimum Gasteiger partial charge on any atom is -0.407 e. The predicted octanol–water partition coefficient (Wildman–Crippen LogP) is 0.803. The van der Waals surface area contributed by atoms with E-state index in [0.29, 0.717) is 12.0 Å². The maximum Gasteiger partial charge on any atom is 0.154 e. The molecule has 0 aromatic carbocycles. The summed E-state index contributed by atoms with van der Waals surface area (Å²) in [6.45, 7) is 7.03. The molecule has 0 amide bonds.